The monoisotopic (exact) mass is 1320 g/mol. The summed E-state index contributed by atoms with van der Waals surface area (Å²) >= 11 is 0. The third-order valence-corrected chi connectivity index (χ3v) is 16.4. The molecule has 2 aliphatic heterocycles. The predicted molar refractivity (Wildman–Crippen MR) is 338 cm³/mol. The molecule has 0 aromatic rings. The normalized spacial score (nSPS) is 23.0. The van der Waals surface area contributed by atoms with E-state index in [1.165, 1.54) is 130 Å². The number of esters is 3. The van der Waals surface area contributed by atoms with E-state index >= 15 is 0 Å². The quantitative estimate of drug-likeness (QED) is 0.0233. The molecule has 2 aliphatic rings. The van der Waals surface area contributed by atoms with Gasteiger partial charge in [-0.05, 0) is 40.0 Å². The van der Waals surface area contributed by atoms with E-state index < -0.39 is 171 Å². The summed E-state index contributed by atoms with van der Waals surface area (Å²) in [6, 6.07) is -7.14. The van der Waals surface area contributed by atoms with Crippen LogP contribution in [0.1, 0.15) is 241 Å². The molecule has 0 aromatic heterocycles. The molecule has 92 heavy (non-hydrogen) atoms. The maximum absolute atomic E-state index is 13.7. The molecule has 6 amide bonds. The molecule has 5 unspecified atom stereocenters. The van der Waals surface area contributed by atoms with Crippen molar-refractivity contribution < 1.29 is 102 Å². The van der Waals surface area contributed by atoms with Crippen LogP contribution in [0.2, 0.25) is 0 Å². The fraction of sp³-hybridized carbons (Fsp3) is 0.862. The smallest absolute Gasteiger partial charge is 0.328 e. The van der Waals surface area contributed by atoms with Crippen molar-refractivity contribution in [3.63, 3.8) is 0 Å². The summed E-state index contributed by atoms with van der Waals surface area (Å²) in [5, 5.41) is 64.7. The van der Waals surface area contributed by atoms with E-state index in [0.29, 0.717) is 12.8 Å². The van der Waals surface area contributed by atoms with Crippen molar-refractivity contribution in [2.75, 3.05) is 26.4 Å². The Balaban J connectivity index is 2.00. The minimum absolute atomic E-state index is 0.129. The summed E-state index contributed by atoms with van der Waals surface area (Å²) < 4.78 is 40.0. The first-order valence-corrected chi connectivity index (χ1v) is 34.1. The van der Waals surface area contributed by atoms with Crippen molar-refractivity contribution >= 4 is 53.4 Å². The second kappa shape index (κ2) is 48.6. The summed E-state index contributed by atoms with van der Waals surface area (Å²) in [6.07, 6.45) is 13.5. The lowest BCUT2D eigenvalue weighted by atomic mass is 9.94. The molecule has 0 bridgehead atoms. The van der Waals surface area contributed by atoms with Gasteiger partial charge < -0.3 is 91.0 Å². The Hall–Kier alpha value is -5.13. The molecule has 2 saturated heterocycles. The number of ether oxygens (including phenoxy) is 7. The van der Waals surface area contributed by atoms with Crippen LogP contribution in [-0.4, -0.2) is 197 Å². The molecule has 12 N–H and O–H groups in total. The van der Waals surface area contributed by atoms with E-state index in [-0.39, 0.29) is 25.9 Å². The Labute approximate surface area is 544 Å². The predicted octanol–water partition coefficient (Wildman–Crippen LogP) is 4.02. The lowest BCUT2D eigenvalue weighted by Gasteiger charge is -2.48. The molecule has 2 fully saturated rings. The van der Waals surface area contributed by atoms with Gasteiger partial charge in [-0.15, -0.1) is 0 Å². The van der Waals surface area contributed by atoms with Crippen LogP contribution in [0, 0.1) is 0 Å². The van der Waals surface area contributed by atoms with Crippen LogP contribution in [0.5, 0.6) is 0 Å². The van der Waals surface area contributed by atoms with Gasteiger partial charge in [0.1, 0.15) is 86.2 Å². The molecular formula is C65H116N6O21. The maximum Gasteiger partial charge on any atom is 0.328 e. The summed E-state index contributed by atoms with van der Waals surface area (Å²) in [6.45, 7) is 7.96. The topological polar surface area (TPSA) is 406 Å². The minimum atomic E-state index is -1.88. The zero-order valence-electron chi connectivity index (χ0n) is 56.0. The van der Waals surface area contributed by atoms with E-state index in [1.54, 1.807) is 0 Å². The second-order valence-corrected chi connectivity index (χ2v) is 24.7. The fourth-order valence-corrected chi connectivity index (χ4v) is 10.9. The number of hydrogen-bond acceptors (Lipinski definition) is 21. The van der Waals surface area contributed by atoms with Crippen molar-refractivity contribution in [3.8, 4) is 0 Å². The van der Waals surface area contributed by atoms with E-state index in [0.717, 1.165) is 58.8 Å². The van der Waals surface area contributed by atoms with Gasteiger partial charge in [0.25, 0.3) is 0 Å². The van der Waals surface area contributed by atoms with Crippen molar-refractivity contribution in [1.29, 1.82) is 0 Å². The number of nitrogens with one attached hydrogen (secondary N) is 5. The molecule has 2 rings (SSSR count). The van der Waals surface area contributed by atoms with Gasteiger partial charge in [-0.1, -0.05) is 168 Å². The average Bonchev–Trinajstić information content (AvgIpc) is 0.839. The second-order valence-electron chi connectivity index (χ2n) is 24.7. The van der Waals surface area contributed by atoms with Crippen molar-refractivity contribution in [1.82, 2.24) is 26.6 Å². The van der Waals surface area contributed by atoms with Crippen LogP contribution < -0.4 is 32.3 Å². The summed E-state index contributed by atoms with van der Waals surface area (Å²) in [7, 11) is 0. The minimum Gasteiger partial charge on any atom is -0.462 e. The Morgan fingerprint density at radius 2 is 0.978 bits per heavy atom. The number of hydrogen-bond donors (Lipinski definition) is 11. The van der Waals surface area contributed by atoms with Crippen molar-refractivity contribution in [3.05, 3.63) is 0 Å². The Bertz CT molecular complexity index is 2150. The molecule has 15 atom stereocenters. The van der Waals surface area contributed by atoms with Crippen LogP contribution in [-0.2, 0) is 76.3 Å². The summed E-state index contributed by atoms with van der Waals surface area (Å²) in [5.41, 5.74) is 5.60. The van der Waals surface area contributed by atoms with E-state index in [1.807, 2.05) is 0 Å². The number of primary amides is 1. The number of carbonyl (C=O) groups excluding carboxylic acids is 9. The highest BCUT2D eigenvalue weighted by atomic mass is 16.7. The molecule has 532 valence electrons. The van der Waals surface area contributed by atoms with Crippen LogP contribution in [0.15, 0.2) is 0 Å². The van der Waals surface area contributed by atoms with Crippen LogP contribution in [0.3, 0.4) is 0 Å². The Morgan fingerprint density at radius 3 is 1.46 bits per heavy atom. The van der Waals surface area contributed by atoms with Gasteiger partial charge in [0.15, 0.2) is 18.7 Å². The van der Waals surface area contributed by atoms with Gasteiger partial charge in [-0.25, -0.2) is 4.79 Å². The van der Waals surface area contributed by atoms with Gasteiger partial charge >= 0.3 is 17.9 Å². The molecule has 2 heterocycles. The first-order chi connectivity index (χ1) is 44.0. The Morgan fingerprint density at radius 1 is 0.511 bits per heavy atom. The Kier molecular flexibility index (Phi) is 43.8. The molecule has 0 saturated carbocycles. The molecule has 27 heteroatoms. The highest BCUT2D eigenvalue weighted by molar-refractivity contribution is 5.92. The zero-order valence-corrected chi connectivity index (χ0v) is 56.0. The summed E-state index contributed by atoms with van der Waals surface area (Å²) in [5.74, 6) is -6.99. The van der Waals surface area contributed by atoms with Gasteiger partial charge in [-0.2, -0.15) is 0 Å². The van der Waals surface area contributed by atoms with Crippen LogP contribution in [0.25, 0.3) is 0 Å². The van der Waals surface area contributed by atoms with E-state index in [9.17, 15) is 68.7 Å². The zero-order chi connectivity index (χ0) is 68.4. The molecule has 0 spiro atoms. The van der Waals surface area contributed by atoms with Crippen LogP contribution in [0.4, 0.5) is 0 Å². The SMILES string of the molecule is CCCCCCCCCCCCCCCC(=O)OCC(COC(=O)C(C)NC(=O)CCC(NC(=O)C(C)NC(=O)C(C)O[C@@H]1[C@@H](NC(C)=O)[C@@H](O)O[C@H](CO)[C@H]1O[C@@H]1O[C@H](CO)[C@@H](O)[C@@H](O)[C@H]1NC(C)=O)C(N)=O)OC(=O)CCCCCCCCCCCCCCC. The number of unbranched alkanes of at least 4 members (excludes halogenated alkanes) is 24. The van der Waals surface area contributed by atoms with Gasteiger partial charge in [-0.3, -0.25) is 38.4 Å². The molecule has 0 aromatic carbocycles. The van der Waals surface area contributed by atoms with Gasteiger partial charge in [0.05, 0.1) is 13.2 Å². The maximum atomic E-state index is 13.7. The number of aliphatic hydroxyl groups is 5. The van der Waals surface area contributed by atoms with E-state index in [4.69, 9.17) is 38.9 Å². The molecule has 0 radical (unpaired) electrons. The average molecular weight is 1320 g/mol. The van der Waals surface area contributed by atoms with E-state index in [2.05, 4.69) is 40.4 Å². The first kappa shape index (κ1) is 83.0. The van der Waals surface area contributed by atoms with Crippen molar-refractivity contribution in [2.24, 2.45) is 5.73 Å². The van der Waals surface area contributed by atoms with Gasteiger partial charge in [0.2, 0.25) is 35.4 Å². The standard InChI is InChI=1S/C65H116N6O21/c1-8-10-12-14-16-18-20-22-24-26-28-30-32-34-52(77)86-40-47(89-53(78)35-33-31-29-27-25-23-21-19-17-15-13-11-9-2)41-87-63(84)43(4)67-51(76)37-36-48(60(66)81)71-61(82)42(3)68-62(83)44(5)88-59-55(70-46(7)75)64(85)90-50(39-73)58(59)92-65-54(69-45(6)74)57(80)56(79)49(38-72)91-65/h42-44,47-50,54-59,64-65,72-73,79-80,85H,8-41H2,1-7H3,(H2,66,81)(H,67,76)(H,68,83)(H,69,74)(H,70,75)(H,71,82)/t42?,43?,44?,47?,48?,49-,50-,54-,55-,56-,57+,58-,59-,64+,65+/m1/s1. The number of rotatable bonds is 51. The third-order valence-electron chi connectivity index (χ3n) is 16.4. The third kappa shape index (κ3) is 34.3. The summed E-state index contributed by atoms with van der Waals surface area (Å²) in [4.78, 5) is 116. The molecule has 0 aliphatic carbocycles. The lowest BCUT2D eigenvalue weighted by Crippen LogP contribution is -2.70. The largest absolute Gasteiger partial charge is 0.462 e. The van der Waals surface area contributed by atoms with Gasteiger partial charge in [0, 0.05) is 33.1 Å². The number of aliphatic hydroxyl groups excluding tert-OH is 5. The highest BCUT2D eigenvalue weighted by Gasteiger charge is 2.53. The number of nitrogens with two attached hydrogens (primary N) is 1. The number of amides is 6. The highest BCUT2D eigenvalue weighted by Crippen LogP contribution is 2.31. The van der Waals surface area contributed by atoms with Crippen LogP contribution >= 0.6 is 0 Å². The van der Waals surface area contributed by atoms with Crippen molar-refractivity contribution in [2.45, 2.75) is 333 Å². The fourth-order valence-electron chi connectivity index (χ4n) is 10.9. The molecule has 27 nitrogen and oxygen atoms in total. The first-order valence-electron chi connectivity index (χ1n) is 34.1. The molecular weight excluding hydrogens is 1200 g/mol. The number of carbonyl (C=O) groups is 9. The lowest BCUT2D eigenvalue weighted by molar-refractivity contribution is -0.333.